The fraction of sp³-hybridized carbons (Fsp3) is 0.600. The Balaban J connectivity index is 1.66. The first-order chi connectivity index (χ1) is 9.35. The van der Waals surface area contributed by atoms with Crippen molar-refractivity contribution in [3.8, 4) is 11.5 Å². The zero-order chi connectivity index (χ0) is 13.1. The lowest BCUT2D eigenvalue weighted by Gasteiger charge is -2.30. The summed E-state index contributed by atoms with van der Waals surface area (Å²) in [6.07, 6.45) is 3.61. The van der Waals surface area contributed by atoms with Crippen molar-refractivity contribution in [2.45, 2.75) is 38.3 Å². The molecule has 0 spiro atoms. The summed E-state index contributed by atoms with van der Waals surface area (Å²) in [6, 6.07) is 6.56. The number of ether oxygens (including phenoxy) is 3. The summed E-state index contributed by atoms with van der Waals surface area (Å²) in [5, 5.41) is 3.58. The van der Waals surface area contributed by atoms with Crippen LogP contribution in [0.2, 0.25) is 0 Å². The van der Waals surface area contributed by atoms with Crippen molar-refractivity contribution in [1.29, 1.82) is 0 Å². The van der Waals surface area contributed by atoms with Crippen LogP contribution in [0.4, 0.5) is 5.69 Å². The second-order valence-corrected chi connectivity index (χ2v) is 5.13. The van der Waals surface area contributed by atoms with Gasteiger partial charge in [0.1, 0.15) is 13.2 Å². The fourth-order valence-corrected chi connectivity index (χ4v) is 2.66. The quantitative estimate of drug-likeness (QED) is 0.910. The Morgan fingerprint density at radius 1 is 1.16 bits per heavy atom. The van der Waals surface area contributed by atoms with Crippen LogP contribution in [0.1, 0.15) is 26.2 Å². The number of hydrogen-bond donors (Lipinski definition) is 1. The summed E-state index contributed by atoms with van der Waals surface area (Å²) < 4.78 is 16.8. The maximum absolute atomic E-state index is 5.70. The third-order valence-electron chi connectivity index (χ3n) is 3.74. The highest BCUT2D eigenvalue weighted by atomic mass is 16.6. The van der Waals surface area contributed by atoms with Gasteiger partial charge < -0.3 is 19.5 Å². The summed E-state index contributed by atoms with van der Waals surface area (Å²) in [7, 11) is 0. The lowest BCUT2D eigenvalue weighted by molar-refractivity contribution is 0.00925. The van der Waals surface area contributed by atoms with Crippen LogP contribution in [0.3, 0.4) is 0 Å². The zero-order valence-electron chi connectivity index (χ0n) is 11.4. The molecule has 1 aromatic carbocycles. The van der Waals surface area contributed by atoms with Crippen LogP contribution in [-0.4, -0.2) is 32.0 Å². The molecule has 104 valence electrons. The first-order valence-corrected chi connectivity index (χ1v) is 7.13. The van der Waals surface area contributed by atoms with E-state index in [9.17, 15) is 0 Å². The molecule has 4 heteroatoms. The molecule has 1 fully saturated rings. The van der Waals surface area contributed by atoms with Gasteiger partial charge in [-0.2, -0.15) is 0 Å². The number of rotatable bonds is 3. The fourth-order valence-electron chi connectivity index (χ4n) is 2.66. The molecular weight excluding hydrogens is 242 g/mol. The van der Waals surface area contributed by atoms with Gasteiger partial charge in [0, 0.05) is 24.4 Å². The van der Waals surface area contributed by atoms with Crippen LogP contribution in [0, 0.1) is 0 Å². The van der Waals surface area contributed by atoms with Crippen LogP contribution in [0.15, 0.2) is 18.2 Å². The number of fused-ring (bicyclic) bond motifs is 1. The van der Waals surface area contributed by atoms with E-state index in [1.165, 1.54) is 0 Å². The Bertz CT molecular complexity index is 435. The Kier molecular flexibility index (Phi) is 3.78. The van der Waals surface area contributed by atoms with Crippen molar-refractivity contribution in [3.63, 3.8) is 0 Å². The largest absolute Gasteiger partial charge is 0.486 e. The molecule has 2 atom stereocenters. The SMILES string of the molecule is CCC1CC(Nc2ccc3c(c2)OCCO3)CCO1. The predicted molar refractivity (Wildman–Crippen MR) is 74.1 cm³/mol. The lowest BCUT2D eigenvalue weighted by Crippen LogP contribution is -2.33. The van der Waals surface area contributed by atoms with Gasteiger partial charge in [-0.15, -0.1) is 0 Å². The molecule has 0 saturated carbocycles. The van der Waals surface area contributed by atoms with Crippen molar-refractivity contribution >= 4 is 5.69 Å². The maximum atomic E-state index is 5.70. The predicted octanol–water partition coefficient (Wildman–Crippen LogP) is 2.83. The normalized spacial score (nSPS) is 25.9. The third-order valence-corrected chi connectivity index (χ3v) is 3.74. The molecule has 0 radical (unpaired) electrons. The molecule has 2 unspecified atom stereocenters. The molecule has 4 nitrogen and oxygen atoms in total. The summed E-state index contributed by atoms with van der Waals surface area (Å²) in [5.74, 6) is 1.69. The van der Waals surface area contributed by atoms with Crippen molar-refractivity contribution in [2.24, 2.45) is 0 Å². The minimum Gasteiger partial charge on any atom is -0.486 e. The van der Waals surface area contributed by atoms with E-state index < -0.39 is 0 Å². The van der Waals surface area contributed by atoms with Gasteiger partial charge in [0.15, 0.2) is 11.5 Å². The van der Waals surface area contributed by atoms with E-state index in [4.69, 9.17) is 14.2 Å². The third kappa shape index (κ3) is 2.95. The van der Waals surface area contributed by atoms with E-state index in [1.54, 1.807) is 0 Å². The average Bonchev–Trinajstić information content (AvgIpc) is 2.47. The van der Waals surface area contributed by atoms with Gasteiger partial charge >= 0.3 is 0 Å². The van der Waals surface area contributed by atoms with Crippen LogP contribution >= 0.6 is 0 Å². The Morgan fingerprint density at radius 3 is 2.84 bits per heavy atom. The average molecular weight is 263 g/mol. The molecule has 2 aliphatic rings. The van der Waals surface area contributed by atoms with Gasteiger partial charge in [-0.1, -0.05) is 6.92 Å². The second kappa shape index (κ2) is 5.70. The lowest BCUT2D eigenvalue weighted by atomic mass is 10.0. The summed E-state index contributed by atoms with van der Waals surface area (Å²) in [5.41, 5.74) is 1.10. The van der Waals surface area contributed by atoms with E-state index in [-0.39, 0.29) is 0 Å². The number of benzene rings is 1. The smallest absolute Gasteiger partial charge is 0.163 e. The monoisotopic (exact) mass is 263 g/mol. The Hall–Kier alpha value is -1.42. The van der Waals surface area contributed by atoms with Gasteiger partial charge in [-0.25, -0.2) is 0 Å². The first kappa shape index (κ1) is 12.6. The standard InChI is InChI=1S/C15H21NO3/c1-2-13-9-12(5-6-17-13)16-11-3-4-14-15(10-11)19-8-7-18-14/h3-4,10,12-13,16H,2,5-9H2,1H3. The second-order valence-electron chi connectivity index (χ2n) is 5.13. The van der Waals surface area contributed by atoms with Gasteiger partial charge in [-0.05, 0) is 31.4 Å². The number of nitrogens with one attached hydrogen (secondary N) is 1. The number of anilines is 1. The molecular formula is C15H21NO3. The van der Waals surface area contributed by atoms with Crippen LogP contribution in [0.5, 0.6) is 11.5 Å². The highest BCUT2D eigenvalue weighted by molar-refractivity contribution is 5.55. The highest BCUT2D eigenvalue weighted by Crippen LogP contribution is 2.33. The van der Waals surface area contributed by atoms with Crippen molar-refractivity contribution in [1.82, 2.24) is 0 Å². The maximum Gasteiger partial charge on any atom is 0.163 e. The van der Waals surface area contributed by atoms with E-state index in [2.05, 4.69) is 18.3 Å². The van der Waals surface area contributed by atoms with E-state index in [0.717, 1.165) is 43.1 Å². The minimum atomic E-state index is 0.392. The van der Waals surface area contributed by atoms with Crippen molar-refractivity contribution in [2.75, 3.05) is 25.1 Å². The summed E-state index contributed by atoms with van der Waals surface area (Å²) in [6.45, 7) is 4.29. The van der Waals surface area contributed by atoms with Gasteiger partial charge in [0.2, 0.25) is 0 Å². The molecule has 1 N–H and O–H groups in total. The molecule has 0 amide bonds. The molecule has 0 aliphatic carbocycles. The van der Waals surface area contributed by atoms with E-state index >= 15 is 0 Å². The van der Waals surface area contributed by atoms with Crippen LogP contribution < -0.4 is 14.8 Å². The molecule has 3 rings (SSSR count). The molecule has 19 heavy (non-hydrogen) atoms. The molecule has 2 aliphatic heterocycles. The van der Waals surface area contributed by atoms with E-state index in [1.807, 2.05) is 12.1 Å². The summed E-state index contributed by atoms with van der Waals surface area (Å²) in [4.78, 5) is 0. The molecule has 0 aromatic heterocycles. The highest BCUT2D eigenvalue weighted by Gasteiger charge is 2.21. The van der Waals surface area contributed by atoms with Crippen molar-refractivity contribution < 1.29 is 14.2 Å². The van der Waals surface area contributed by atoms with Gasteiger partial charge in [0.25, 0.3) is 0 Å². The van der Waals surface area contributed by atoms with Gasteiger partial charge in [0.05, 0.1) is 6.10 Å². The van der Waals surface area contributed by atoms with E-state index in [0.29, 0.717) is 25.4 Å². The topological polar surface area (TPSA) is 39.7 Å². The Labute approximate surface area is 114 Å². The van der Waals surface area contributed by atoms with Crippen LogP contribution in [-0.2, 0) is 4.74 Å². The van der Waals surface area contributed by atoms with Crippen LogP contribution in [0.25, 0.3) is 0 Å². The molecule has 1 aromatic rings. The van der Waals surface area contributed by atoms with Gasteiger partial charge in [-0.3, -0.25) is 0 Å². The minimum absolute atomic E-state index is 0.392. The first-order valence-electron chi connectivity index (χ1n) is 7.13. The number of hydrogen-bond acceptors (Lipinski definition) is 4. The molecule has 1 saturated heterocycles. The zero-order valence-corrected chi connectivity index (χ0v) is 11.4. The molecule has 2 heterocycles. The summed E-state index contributed by atoms with van der Waals surface area (Å²) >= 11 is 0. The molecule has 0 bridgehead atoms. The Morgan fingerprint density at radius 2 is 2.00 bits per heavy atom. The van der Waals surface area contributed by atoms with Crippen molar-refractivity contribution in [3.05, 3.63) is 18.2 Å².